The first-order chi connectivity index (χ1) is 15.8. The number of anilines is 1. The third-order valence-electron chi connectivity index (χ3n) is 6.46. The molecule has 7 nitrogen and oxygen atoms in total. The molecule has 1 saturated heterocycles. The highest BCUT2D eigenvalue weighted by atomic mass is 19.4. The molecule has 1 aliphatic heterocycles. The number of aromatic nitrogens is 4. The first kappa shape index (κ1) is 21.3. The minimum Gasteiger partial charge on any atom is -0.353 e. The molecular weight excluding hydrogens is 433 g/mol. The number of rotatable bonds is 4. The smallest absolute Gasteiger partial charge is 0.353 e. The molecule has 1 aliphatic carbocycles. The van der Waals surface area contributed by atoms with E-state index >= 15 is 0 Å². The number of hydrogen-bond donors (Lipinski definition) is 0. The first-order valence-corrected chi connectivity index (χ1v) is 10.6. The van der Waals surface area contributed by atoms with E-state index in [-0.39, 0.29) is 18.0 Å². The Labute approximate surface area is 188 Å². The van der Waals surface area contributed by atoms with Gasteiger partial charge in [0.2, 0.25) is 0 Å². The van der Waals surface area contributed by atoms with Gasteiger partial charge < -0.3 is 9.80 Å². The van der Waals surface area contributed by atoms with Crippen molar-refractivity contribution in [1.29, 1.82) is 0 Å². The SMILES string of the molecule is CN(c1cnc(C(F)(F)F)cn1)[C@H]1CC2CC1N(C(=O)c1ccccc1-c1ncccn1)C2. The van der Waals surface area contributed by atoms with Crippen LogP contribution in [0.4, 0.5) is 19.0 Å². The molecule has 0 spiro atoms. The average molecular weight is 454 g/mol. The number of hydrogen-bond acceptors (Lipinski definition) is 6. The number of carbonyl (C=O) groups excluding carboxylic acids is 1. The summed E-state index contributed by atoms with van der Waals surface area (Å²) in [6.07, 6.45) is 2.32. The zero-order valence-electron chi connectivity index (χ0n) is 17.8. The lowest BCUT2D eigenvalue weighted by atomic mass is 10.0. The van der Waals surface area contributed by atoms with Crippen LogP contribution in [0.2, 0.25) is 0 Å². The molecule has 2 aromatic heterocycles. The van der Waals surface area contributed by atoms with Gasteiger partial charge in [-0.3, -0.25) is 4.79 Å². The van der Waals surface area contributed by atoms with E-state index in [1.165, 1.54) is 0 Å². The molecule has 2 aliphatic rings. The van der Waals surface area contributed by atoms with E-state index in [1.807, 2.05) is 28.0 Å². The number of likely N-dealkylation sites (N-methyl/N-ethyl adjacent to an activating group) is 1. The van der Waals surface area contributed by atoms with Crippen LogP contribution in [0, 0.1) is 5.92 Å². The Kier molecular flexibility index (Phi) is 5.22. The molecule has 1 amide bonds. The summed E-state index contributed by atoms with van der Waals surface area (Å²) in [7, 11) is 1.79. The Morgan fingerprint density at radius 1 is 1.03 bits per heavy atom. The van der Waals surface area contributed by atoms with Crippen LogP contribution in [-0.2, 0) is 6.18 Å². The molecule has 3 aromatic rings. The van der Waals surface area contributed by atoms with E-state index in [0.29, 0.717) is 35.2 Å². The summed E-state index contributed by atoms with van der Waals surface area (Å²) in [6.45, 7) is 0.649. The molecule has 3 atom stereocenters. The lowest BCUT2D eigenvalue weighted by Gasteiger charge is -2.38. The van der Waals surface area contributed by atoms with Gasteiger partial charge in [-0.05, 0) is 30.9 Å². The molecule has 3 heterocycles. The fourth-order valence-electron chi connectivity index (χ4n) is 4.92. The van der Waals surface area contributed by atoms with Gasteiger partial charge >= 0.3 is 6.18 Å². The third kappa shape index (κ3) is 3.90. The predicted molar refractivity (Wildman–Crippen MR) is 114 cm³/mol. The van der Waals surface area contributed by atoms with Gasteiger partial charge in [0.05, 0.1) is 30.0 Å². The van der Waals surface area contributed by atoms with E-state index in [1.54, 1.807) is 31.6 Å². The van der Waals surface area contributed by atoms with E-state index in [4.69, 9.17) is 0 Å². The van der Waals surface area contributed by atoms with Crippen molar-refractivity contribution in [2.75, 3.05) is 18.5 Å². The maximum atomic E-state index is 13.6. The summed E-state index contributed by atoms with van der Waals surface area (Å²) in [4.78, 5) is 33.4. The quantitative estimate of drug-likeness (QED) is 0.599. The number of carbonyl (C=O) groups is 1. The van der Waals surface area contributed by atoms with Gasteiger partial charge in [-0.1, -0.05) is 18.2 Å². The van der Waals surface area contributed by atoms with Crippen LogP contribution in [0.5, 0.6) is 0 Å². The van der Waals surface area contributed by atoms with Crippen LogP contribution in [0.25, 0.3) is 11.4 Å². The van der Waals surface area contributed by atoms with E-state index < -0.39 is 11.9 Å². The topological polar surface area (TPSA) is 75.1 Å². The van der Waals surface area contributed by atoms with Gasteiger partial charge in [-0.25, -0.2) is 19.9 Å². The van der Waals surface area contributed by atoms with E-state index in [2.05, 4.69) is 19.9 Å². The number of piperidine rings is 1. The summed E-state index contributed by atoms with van der Waals surface area (Å²) in [6, 6.07) is 8.87. The lowest BCUT2D eigenvalue weighted by Crippen LogP contribution is -2.51. The molecule has 1 saturated carbocycles. The molecule has 10 heteroatoms. The fourth-order valence-corrected chi connectivity index (χ4v) is 4.92. The first-order valence-electron chi connectivity index (χ1n) is 10.6. The molecule has 170 valence electrons. The minimum absolute atomic E-state index is 0.0566. The Morgan fingerprint density at radius 2 is 1.79 bits per heavy atom. The summed E-state index contributed by atoms with van der Waals surface area (Å²) in [5.41, 5.74) is 0.181. The summed E-state index contributed by atoms with van der Waals surface area (Å²) in [5, 5.41) is 0. The van der Waals surface area contributed by atoms with Gasteiger partial charge in [0.25, 0.3) is 5.91 Å². The highest BCUT2D eigenvalue weighted by Gasteiger charge is 2.49. The Bertz CT molecular complexity index is 1150. The molecule has 2 bridgehead atoms. The fraction of sp³-hybridized carbons (Fsp3) is 0.348. The number of halogens is 3. The number of amides is 1. The van der Waals surface area contributed by atoms with E-state index in [0.717, 1.165) is 25.2 Å². The number of benzene rings is 1. The average Bonchev–Trinajstić information content (AvgIpc) is 3.45. The van der Waals surface area contributed by atoms with Crippen LogP contribution in [0.15, 0.2) is 55.1 Å². The second kappa shape index (κ2) is 8.09. The lowest BCUT2D eigenvalue weighted by molar-refractivity contribution is -0.141. The maximum absolute atomic E-state index is 13.6. The molecule has 0 radical (unpaired) electrons. The van der Waals surface area contributed by atoms with Crippen LogP contribution < -0.4 is 4.90 Å². The second-order valence-corrected chi connectivity index (χ2v) is 8.42. The van der Waals surface area contributed by atoms with Gasteiger partial charge in [0, 0.05) is 31.5 Å². The Hall–Kier alpha value is -3.56. The zero-order valence-corrected chi connectivity index (χ0v) is 17.8. The van der Waals surface area contributed by atoms with Crippen molar-refractivity contribution >= 4 is 11.7 Å². The monoisotopic (exact) mass is 454 g/mol. The normalized spacial score (nSPS) is 21.9. The van der Waals surface area contributed by atoms with Gasteiger partial charge in [0.15, 0.2) is 11.5 Å². The largest absolute Gasteiger partial charge is 0.434 e. The van der Waals surface area contributed by atoms with E-state index in [9.17, 15) is 18.0 Å². The third-order valence-corrected chi connectivity index (χ3v) is 6.46. The number of alkyl halides is 3. The van der Waals surface area contributed by atoms with Gasteiger partial charge in [0.1, 0.15) is 5.82 Å². The van der Waals surface area contributed by atoms with Crippen molar-refractivity contribution in [1.82, 2.24) is 24.8 Å². The van der Waals surface area contributed by atoms with Crippen molar-refractivity contribution in [3.63, 3.8) is 0 Å². The second-order valence-electron chi connectivity index (χ2n) is 8.42. The standard InChI is InChI=1S/C23H21F3N6O/c1-31(20-12-29-19(11-30-20)23(24,25)26)17-9-14-10-18(17)32(13-14)22(33)16-6-3-2-5-15(16)21-27-7-4-8-28-21/h2-8,11-12,14,17-18H,9-10,13H2,1H3/t14?,17-,18?/m0/s1. The van der Waals surface area contributed by atoms with Crippen LogP contribution >= 0.6 is 0 Å². The van der Waals surface area contributed by atoms with Crippen molar-refractivity contribution in [2.24, 2.45) is 5.92 Å². The summed E-state index contributed by atoms with van der Waals surface area (Å²) in [5.74, 6) is 1.07. The number of fused-ring (bicyclic) bond motifs is 2. The summed E-state index contributed by atoms with van der Waals surface area (Å²) >= 11 is 0. The molecule has 1 aromatic carbocycles. The highest BCUT2D eigenvalue weighted by molar-refractivity contribution is 6.00. The molecule has 0 N–H and O–H groups in total. The highest BCUT2D eigenvalue weighted by Crippen LogP contribution is 2.42. The van der Waals surface area contributed by atoms with Crippen LogP contribution in [0.1, 0.15) is 28.9 Å². The molecule has 5 rings (SSSR count). The molecule has 33 heavy (non-hydrogen) atoms. The zero-order chi connectivity index (χ0) is 23.2. The minimum atomic E-state index is -4.53. The number of nitrogens with zero attached hydrogens (tertiary/aromatic N) is 6. The number of likely N-dealkylation sites (tertiary alicyclic amines) is 1. The van der Waals surface area contributed by atoms with Gasteiger partial charge in [-0.2, -0.15) is 13.2 Å². The van der Waals surface area contributed by atoms with Crippen molar-refractivity contribution in [3.05, 3.63) is 66.4 Å². The molecule has 2 fully saturated rings. The Morgan fingerprint density at radius 3 is 2.45 bits per heavy atom. The van der Waals surface area contributed by atoms with Crippen molar-refractivity contribution in [3.8, 4) is 11.4 Å². The molecular formula is C23H21F3N6O. The van der Waals surface area contributed by atoms with Crippen molar-refractivity contribution in [2.45, 2.75) is 31.1 Å². The van der Waals surface area contributed by atoms with Crippen molar-refractivity contribution < 1.29 is 18.0 Å². The van der Waals surface area contributed by atoms with Crippen LogP contribution in [-0.4, -0.2) is 56.4 Å². The van der Waals surface area contributed by atoms with Gasteiger partial charge in [-0.15, -0.1) is 0 Å². The maximum Gasteiger partial charge on any atom is 0.434 e. The Balaban J connectivity index is 1.39. The summed E-state index contributed by atoms with van der Waals surface area (Å²) < 4.78 is 38.5. The molecule has 2 unspecified atom stereocenters. The van der Waals surface area contributed by atoms with Crippen LogP contribution in [0.3, 0.4) is 0 Å². The predicted octanol–water partition coefficient (Wildman–Crippen LogP) is 3.69.